The number of hydrogen-bond donors (Lipinski definition) is 1. The second-order valence-electron chi connectivity index (χ2n) is 5.68. The number of rotatable bonds is 5. The van der Waals surface area contributed by atoms with Crippen molar-refractivity contribution in [1.29, 1.82) is 0 Å². The summed E-state index contributed by atoms with van der Waals surface area (Å²) in [4.78, 5) is 25.6. The van der Waals surface area contributed by atoms with Crippen LogP contribution >= 0.6 is 0 Å². The summed E-state index contributed by atoms with van der Waals surface area (Å²) in [6.07, 6.45) is 3.95. The third-order valence-electron chi connectivity index (χ3n) is 4.09. The Labute approximate surface area is 135 Å². The first kappa shape index (κ1) is 15.3. The number of nitrogens with zero attached hydrogens (tertiary/aromatic N) is 3. The second-order valence-corrected chi connectivity index (χ2v) is 5.68. The molecule has 2 heterocycles. The molecule has 0 unspecified atom stereocenters. The Morgan fingerprint density at radius 1 is 1.35 bits per heavy atom. The number of carbonyl (C=O) groups excluding carboxylic acids is 2. The maximum Gasteiger partial charge on any atom is 0.225 e. The van der Waals surface area contributed by atoms with E-state index in [1.165, 1.54) is 0 Å². The Hall–Kier alpha value is -2.63. The van der Waals surface area contributed by atoms with Crippen LogP contribution in [0.25, 0.3) is 5.69 Å². The standard InChI is InChI=1S/C17H20N4O2/c1-2-20-12-14(8-16(20)22)17(23)18-9-13-10-19-21(11-13)15-6-4-3-5-7-15/h3-7,10-11,14H,2,8-9,12H2,1H3,(H,18,23)/t14-/m0/s1. The van der Waals surface area contributed by atoms with Gasteiger partial charge in [-0.05, 0) is 19.1 Å². The molecule has 2 aromatic rings. The van der Waals surface area contributed by atoms with E-state index in [0.29, 0.717) is 26.1 Å². The van der Waals surface area contributed by atoms with Crippen LogP contribution in [0.15, 0.2) is 42.7 Å². The summed E-state index contributed by atoms with van der Waals surface area (Å²) >= 11 is 0. The molecule has 1 atom stereocenters. The first-order valence-corrected chi connectivity index (χ1v) is 7.82. The van der Waals surface area contributed by atoms with E-state index in [0.717, 1.165) is 11.3 Å². The highest BCUT2D eigenvalue weighted by molar-refractivity contribution is 5.89. The smallest absolute Gasteiger partial charge is 0.225 e. The molecule has 1 aromatic heterocycles. The van der Waals surface area contributed by atoms with E-state index in [4.69, 9.17) is 0 Å². The van der Waals surface area contributed by atoms with Crippen molar-refractivity contribution in [2.24, 2.45) is 5.92 Å². The zero-order valence-electron chi connectivity index (χ0n) is 13.1. The minimum atomic E-state index is -0.244. The molecule has 1 fully saturated rings. The van der Waals surface area contributed by atoms with Crippen molar-refractivity contribution in [2.75, 3.05) is 13.1 Å². The molecule has 6 heteroatoms. The summed E-state index contributed by atoms with van der Waals surface area (Å²) in [6.45, 7) is 3.52. The SMILES string of the molecule is CCN1C[C@@H](C(=O)NCc2cnn(-c3ccccc3)c2)CC1=O. The number of likely N-dealkylation sites (tertiary alicyclic amines) is 1. The van der Waals surface area contributed by atoms with Crippen LogP contribution in [0.3, 0.4) is 0 Å². The van der Waals surface area contributed by atoms with E-state index in [2.05, 4.69) is 10.4 Å². The van der Waals surface area contributed by atoms with Gasteiger partial charge in [-0.15, -0.1) is 0 Å². The molecule has 0 saturated carbocycles. The van der Waals surface area contributed by atoms with Crippen LogP contribution in [0, 0.1) is 5.92 Å². The second kappa shape index (κ2) is 6.64. The van der Waals surface area contributed by atoms with Gasteiger partial charge in [0.25, 0.3) is 0 Å². The summed E-state index contributed by atoms with van der Waals surface area (Å²) in [5.74, 6) is -0.252. The van der Waals surface area contributed by atoms with Crippen molar-refractivity contribution in [1.82, 2.24) is 20.0 Å². The van der Waals surface area contributed by atoms with E-state index >= 15 is 0 Å². The highest BCUT2D eigenvalue weighted by Gasteiger charge is 2.33. The van der Waals surface area contributed by atoms with Crippen molar-refractivity contribution >= 4 is 11.8 Å². The van der Waals surface area contributed by atoms with Gasteiger partial charge >= 0.3 is 0 Å². The van der Waals surface area contributed by atoms with Gasteiger partial charge in [-0.25, -0.2) is 4.68 Å². The lowest BCUT2D eigenvalue weighted by Crippen LogP contribution is -2.32. The first-order chi connectivity index (χ1) is 11.2. The van der Waals surface area contributed by atoms with Gasteiger partial charge in [0.15, 0.2) is 0 Å². The number of benzene rings is 1. The van der Waals surface area contributed by atoms with Gasteiger partial charge in [-0.1, -0.05) is 18.2 Å². The van der Waals surface area contributed by atoms with Crippen LogP contribution in [0.5, 0.6) is 0 Å². The zero-order chi connectivity index (χ0) is 16.2. The van der Waals surface area contributed by atoms with Crippen molar-refractivity contribution in [3.05, 3.63) is 48.3 Å². The Morgan fingerprint density at radius 2 is 2.13 bits per heavy atom. The Kier molecular flexibility index (Phi) is 4.41. The molecule has 0 spiro atoms. The number of carbonyl (C=O) groups is 2. The number of para-hydroxylation sites is 1. The van der Waals surface area contributed by atoms with Crippen molar-refractivity contribution < 1.29 is 9.59 Å². The van der Waals surface area contributed by atoms with Gasteiger partial charge in [0.1, 0.15) is 0 Å². The number of hydrogen-bond acceptors (Lipinski definition) is 3. The number of nitrogens with one attached hydrogen (secondary N) is 1. The average molecular weight is 312 g/mol. The summed E-state index contributed by atoms with van der Waals surface area (Å²) < 4.78 is 1.78. The maximum atomic E-state index is 12.2. The van der Waals surface area contributed by atoms with Crippen LogP contribution in [-0.4, -0.2) is 39.6 Å². The molecule has 3 rings (SSSR count). The third kappa shape index (κ3) is 3.41. The zero-order valence-corrected chi connectivity index (χ0v) is 13.1. The van der Waals surface area contributed by atoms with Crippen LogP contribution in [0.1, 0.15) is 18.9 Å². The predicted octanol–water partition coefficient (Wildman–Crippen LogP) is 1.36. The molecule has 6 nitrogen and oxygen atoms in total. The molecule has 1 aromatic carbocycles. The molecule has 1 saturated heterocycles. The summed E-state index contributed by atoms with van der Waals surface area (Å²) in [5, 5.41) is 7.20. The molecule has 0 aliphatic carbocycles. The molecule has 23 heavy (non-hydrogen) atoms. The molecule has 2 amide bonds. The fraction of sp³-hybridized carbons (Fsp3) is 0.353. The van der Waals surface area contributed by atoms with Crippen LogP contribution < -0.4 is 5.32 Å². The number of amides is 2. The fourth-order valence-electron chi connectivity index (χ4n) is 2.76. The van der Waals surface area contributed by atoms with E-state index in [1.54, 1.807) is 15.8 Å². The lowest BCUT2D eigenvalue weighted by molar-refractivity contribution is -0.128. The normalized spacial score (nSPS) is 17.5. The van der Waals surface area contributed by atoms with Crippen molar-refractivity contribution in [2.45, 2.75) is 19.9 Å². The van der Waals surface area contributed by atoms with Crippen LogP contribution in [-0.2, 0) is 16.1 Å². The summed E-state index contributed by atoms with van der Waals surface area (Å²) in [7, 11) is 0. The van der Waals surface area contributed by atoms with Crippen LogP contribution in [0.4, 0.5) is 0 Å². The van der Waals surface area contributed by atoms with Crippen LogP contribution in [0.2, 0.25) is 0 Å². The Balaban J connectivity index is 1.56. The predicted molar refractivity (Wildman–Crippen MR) is 85.8 cm³/mol. The topological polar surface area (TPSA) is 67.2 Å². The molecular weight excluding hydrogens is 292 g/mol. The fourth-order valence-corrected chi connectivity index (χ4v) is 2.76. The Morgan fingerprint density at radius 3 is 2.83 bits per heavy atom. The van der Waals surface area contributed by atoms with Gasteiger partial charge in [0.05, 0.1) is 17.8 Å². The summed E-state index contributed by atoms with van der Waals surface area (Å²) in [5.41, 5.74) is 1.91. The minimum absolute atomic E-state index is 0.0598. The molecule has 1 N–H and O–H groups in total. The van der Waals surface area contributed by atoms with E-state index in [-0.39, 0.29) is 17.7 Å². The first-order valence-electron chi connectivity index (χ1n) is 7.82. The molecule has 120 valence electrons. The lowest BCUT2D eigenvalue weighted by Gasteiger charge is -2.13. The molecule has 1 aliphatic rings. The molecule has 0 radical (unpaired) electrons. The average Bonchev–Trinajstić information content (AvgIpc) is 3.20. The van der Waals surface area contributed by atoms with Gasteiger partial charge in [0, 0.05) is 37.8 Å². The quantitative estimate of drug-likeness (QED) is 0.906. The van der Waals surface area contributed by atoms with Gasteiger partial charge in [-0.2, -0.15) is 5.10 Å². The monoisotopic (exact) mass is 312 g/mol. The summed E-state index contributed by atoms with van der Waals surface area (Å²) in [6, 6.07) is 9.80. The van der Waals surface area contributed by atoms with Gasteiger partial charge < -0.3 is 10.2 Å². The van der Waals surface area contributed by atoms with E-state index in [9.17, 15) is 9.59 Å². The van der Waals surface area contributed by atoms with E-state index in [1.807, 2.05) is 43.5 Å². The van der Waals surface area contributed by atoms with Crippen molar-refractivity contribution in [3.8, 4) is 5.69 Å². The lowest BCUT2D eigenvalue weighted by atomic mass is 10.1. The molecular formula is C17H20N4O2. The molecule has 0 bridgehead atoms. The number of aromatic nitrogens is 2. The minimum Gasteiger partial charge on any atom is -0.352 e. The Bertz CT molecular complexity index is 696. The highest BCUT2D eigenvalue weighted by Crippen LogP contribution is 2.17. The van der Waals surface area contributed by atoms with Gasteiger partial charge in [0.2, 0.25) is 11.8 Å². The maximum absolute atomic E-state index is 12.2. The highest BCUT2D eigenvalue weighted by atomic mass is 16.2. The van der Waals surface area contributed by atoms with Gasteiger partial charge in [-0.3, -0.25) is 9.59 Å². The largest absolute Gasteiger partial charge is 0.352 e. The van der Waals surface area contributed by atoms with E-state index < -0.39 is 0 Å². The molecule has 1 aliphatic heterocycles. The van der Waals surface area contributed by atoms with Crippen molar-refractivity contribution in [3.63, 3.8) is 0 Å². The third-order valence-corrected chi connectivity index (χ3v) is 4.09.